The zero-order valence-electron chi connectivity index (χ0n) is 22.5. The van der Waals surface area contributed by atoms with Crippen molar-refractivity contribution in [1.82, 2.24) is 5.43 Å². The maximum atomic E-state index is 12.3. The SMILES string of the molecule is CCCCCCC[CH2][Sn]([CH2]CCCCCCC)[CH2]CCC(CCCC)C(CC)C(=O)NN. The standard InChI is InChI=1S/C12H25N2O.2C8H17.Sn/c1-4-7-9-10(8-5-2)11(6-3)12(15)14-13;2*1-3-5-7-8-6-4-2;/h10-11H,2,4-9,13H2,1,3H3,(H,14,15);2*1,3-8H2,2H3;. The molecule has 0 spiro atoms. The van der Waals surface area contributed by atoms with Crippen molar-refractivity contribution in [3.63, 3.8) is 0 Å². The third-order valence-electron chi connectivity index (χ3n) is 7.29. The van der Waals surface area contributed by atoms with Crippen LogP contribution in [0.4, 0.5) is 0 Å². The monoisotopic (exact) mass is 559 g/mol. The van der Waals surface area contributed by atoms with E-state index in [1.165, 1.54) is 109 Å². The Hall–Kier alpha value is 0.229. The minimum atomic E-state index is -1.27. The molecular formula is C28H59N2OSn. The van der Waals surface area contributed by atoms with Crippen LogP contribution in [0.1, 0.15) is 143 Å². The van der Waals surface area contributed by atoms with Gasteiger partial charge in [0.1, 0.15) is 0 Å². The van der Waals surface area contributed by atoms with Crippen molar-refractivity contribution in [3.05, 3.63) is 0 Å². The van der Waals surface area contributed by atoms with Gasteiger partial charge in [-0.1, -0.05) is 0 Å². The van der Waals surface area contributed by atoms with Gasteiger partial charge in [0.15, 0.2) is 0 Å². The summed E-state index contributed by atoms with van der Waals surface area (Å²) in [5.74, 6) is 6.19. The first-order valence-electron chi connectivity index (χ1n) is 14.5. The Morgan fingerprint density at radius 3 is 1.56 bits per heavy atom. The van der Waals surface area contributed by atoms with Crippen LogP contribution in [-0.4, -0.2) is 25.7 Å². The van der Waals surface area contributed by atoms with E-state index in [-0.39, 0.29) is 11.8 Å². The Bertz CT molecular complexity index is 389. The number of hydrogen-bond donors (Lipinski definition) is 2. The second kappa shape index (κ2) is 24.4. The second-order valence-electron chi connectivity index (χ2n) is 10.1. The van der Waals surface area contributed by atoms with E-state index in [0.717, 1.165) is 6.42 Å². The number of unbranched alkanes of at least 4 members (excludes halogenated alkanes) is 11. The van der Waals surface area contributed by atoms with Crippen molar-refractivity contribution in [3.8, 4) is 0 Å². The summed E-state index contributed by atoms with van der Waals surface area (Å²) in [7, 11) is 0. The number of hydrogen-bond acceptors (Lipinski definition) is 2. The topological polar surface area (TPSA) is 55.1 Å². The fourth-order valence-electron chi connectivity index (χ4n) is 5.15. The number of carbonyl (C=O) groups is 1. The van der Waals surface area contributed by atoms with Gasteiger partial charge in [0, 0.05) is 0 Å². The van der Waals surface area contributed by atoms with Crippen LogP contribution in [0.15, 0.2) is 0 Å². The van der Waals surface area contributed by atoms with E-state index in [9.17, 15) is 4.79 Å². The molecule has 0 heterocycles. The quantitative estimate of drug-likeness (QED) is 0.0409. The maximum absolute atomic E-state index is 12.3. The molecule has 0 rings (SSSR count). The molecule has 0 fully saturated rings. The molecule has 191 valence electrons. The fraction of sp³-hybridized carbons (Fsp3) is 0.964. The molecule has 3 N–H and O–H groups in total. The van der Waals surface area contributed by atoms with Crippen molar-refractivity contribution >= 4 is 25.7 Å². The molecule has 0 aromatic carbocycles. The molecule has 4 heteroatoms. The van der Waals surface area contributed by atoms with E-state index >= 15 is 0 Å². The van der Waals surface area contributed by atoms with Crippen molar-refractivity contribution in [1.29, 1.82) is 0 Å². The molecule has 0 bridgehead atoms. The third kappa shape index (κ3) is 17.7. The van der Waals surface area contributed by atoms with E-state index < -0.39 is 19.8 Å². The summed E-state index contributed by atoms with van der Waals surface area (Å²) in [6.45, 7) is 9.02. The molecule has 0 saturated carbocycles. The number of nitrogens with one attached hydrogen (secondary N) is 1. The molecular weight excluding hydrogens is 499 g/mol. The molecule has 1 amide bonds. The van der Waals surface area contributed by atoms with Crippen molar-refractivity contribution in [2.45, 2.75) is 157 Å². The van der Waals surface area contributed by atoms with E-state index in [2.05, 4.69) is 33.1 Å². The average molecular weight is 559 g/mol. The van der Waals surface area contributed by atoms with Crippen LogP contribution in [0.5, 0.6) is 0 Å². The molecule has 0 saturated heterocycles. The summed E-state index contributed by atoms with van der Waals surface area (Å²) in [5.41, 5.74) is 2.44. The summed E-state index contributed by atoms with van der Waals surface area (Å²) in [6.07, 6.45) is 24.4. The molecule has 0 aliphatic heterocycles. The van der Waals surface area contributed by atoms with E-state index in [1.54, 1.807) is 13.3 Å². The Morgan fingerprint density at radius 2 is 1.09 bits per heavy atom. The Kier molecular flexibility index (Phi) is 24.5. The molecule has 3 nitrogen and oxygen atoms in total. The van der Waals surface area contributed by atoms with Gasteiger partial charge in [0.05, 0.1) is 0 Å². The summed E-state index contributed by atoms with van der Waals surface area (Å²) in [4.78, 5) is 12.3. The zero-order valence-corrected chi connectivity index (χ0v) is 25.3. The van der Waals surface area contributed by atoms with Gasteiger partial charge in [-0.3, -0.25) is 0 Å². The van der Waals surface area contributed by atoms with Gasteiger partial charge in [-0.25, -0.2) is 0 Å². The van der Waals surface area contributed by atoms with E-state index in [4.69, 9.17) is 5.84 Å². The average Bonchev–Trinajstić information content (AvgIpc) is 2.81. The van der Waals surface area contributed by atoms with Crippen molar-refractivity contribution in [2.24, 2.45) is 17.7 Å². The minimum absolute atomic E-state index is 0.0617. The van der Waals surface area contributed by atoms with Crippen LogP contribution >= 0.6 is 0 Å². The first kappa shape index (κ1) is 32.2. The van der Waals surface area contributed by atoms with Gasteiger partial charge >= 0.3 is 210 Å². The van der Waals surface area contributed by atoms with Crippen LogP contribution < -0.4 is 11.3 Å². The van der Waals surface area contributed by atoms with Crippen LogP contribution in [-0.2, 0) is 4.79 Å². The molecule has 2 unspecified atom stereocenters. The number of hydrazine groups is 1. The van der Waals surface area contributed by atoms with Crippen LogP contribution in [0.25, 0.3) is 0 Å². The zero-order chi connectivity index (χ0) is 23.9. The van der Waals surface area contributed by atoms with Gasteiger partial charge in [-0.05, 0) is 0 Å². The molecule has 1 radical (unpaired) electrons. The summed E-state index contributed by atoms with van der Waals surface area (Å²) in [6, 6.07) is 0. The van der Waals surface area contributed by atoms with E-state index in [1.807, 2.05) is 0 Å². The summed E-state index contributed by atoms with van der Waals surface area (Å²) >= 11 is -1.27. The van der Waals surface area contributed by atoms with E-state index in [0.29, 0.717) is 5.92 Å². The van der Waals surface area contributed by atoms with Gasteiger partial charge in [-0.2, -0.15) is 0 Å². The van der Waals surface area contributed by atoms with Crippen molar-refractivity contribution < 1.29 is 4.79 Å². The first-order valence-corrected chi connectivity index (χ1v) is 20.5. The second-order valence-corrected chi connectivity index (χ2v) is 18.7. The molecule has 0 aromatic heterocycles. The van der Waals surface area contributed by atoms with Gasteiger partial charge < -0.3 is 0 Å². The summed E-state index contributed by atoms with van der Waals surface area (Å²) in [5, 5.41) is 0. The van der Waals surface area contributed by atoms with Crippen LogP contribution in [0.2, 0.25) is 13.3 Å². The Labute approximate surface area is 209 Å². The molecule has 0 aliphatic rings. The molecule has 2 atom stereocenters. The summed E-state index contributed by atoms with van der Waals surface area (Å²) < 4.78 is 4.78. The van der Waals surface area contributed by atoms with Crippen molar-refractivity contribution in [2.75, 3.05) is 0 Å². The molecule has 0 aliphatic carbocycles. The Balaban J connectivity index is 4.56. The predicted molar refractivity (Wildman–Crippen MR) is 145 cm³/mol. The van der Waals surface area contributed by atoms with Gasteiger partial charge in [0.25, 0.3) is 0 Å². The predicted octanol–water partition coefficient (Wildman–Crippen LogP) is 8.80. The first-order chi connectivity index (χ1) is 15.6. The van der Waals surface area contributed by atoms with Gasteiger partial charge in [0.2, 0.25) is 0 Å². The van der Waals surface area contributed by atoms with Crippen LogP contribution in [0.3, 0.4) is 0 Å². The van der Waals surface area contributed by atoms with Crippen LogP contribution in [0, 0.1) is 11.8 Å². The normalized spacial score (nSPS) is 13.4. The number of nitrogens with two attached hydrogens (primary N) is 1. The number of rotatable bonds is 24. The molecule has 32 heavy (non-hydrogen) atoms. The fourth-order valence-corrected chi connectivity index (χ4v) is 13.6. The molecule has 0 aromatic rings. The third-order valence-corrected chi connectivity index (χ3v) is 16.4. The van der Waals surface area contributed by atoms with Gasteiger partial charge in [-0.15, -0.1) is 0 Å². The number of carbonyl (C=O) groups excluding carboxylic acids is 1. The Morgan fingerprint density at radius 1 is 0.656 bits per heavy atom. The number of amides is 1.